The van der Waals surface area contributed by atoms with Crippen molar-refractivity contribution in [2.24, 2.45) is 0 Å². The lowest BCUT2D eigenvalue weighted by atomic mass is 10.1. The number of carbonyl (C=O) groups excluding carboxylic acids is 1. The molecule has 1 aromatic rings. The predicted molar refractivity (Wildman–Crippen MR) is 79.9 cm³/mol. The first kappa shape index (κ1) is 14.2. The molecule has 1 aromatic carbocycles. The first-order chi connectivity index (χ1) is 9.20. The Bertz CT molecular complexity index is 419. The van der Waals surface area contributed by atoms with Gasteiger partial charge in [0.25, 0.3) is 0 Å². The van der Waals surface area contributed by atoms with E-state index in [9.17, 15) is 4.79 Å². The fourth-order valence-electron chi connectivity index (χ4n) is 2.43. The molecule has 1 N–H and O–H groups in total. The highest BCUT2D eigenvalue weighted by Gasteiger charge is 2.29. The van der Waals surface area contributed by atoms with Crippen molar-refractivity contribution in [2.45, 2.75) is 45.1 Å². The van der Waals surface area contributed by atoms with Crippen LogP contribution in [0.2, 0.25) is 5.02 Å². The topological polar surface area (TPSA) is 32.3 Å². The first-order valence-electron chi connectivity index (χ1n) is 7.04. The molecule has 2 amide bonds. The fourth-order valence-corrected chi connectivity index (χ4v) is 2.55. The van der Waals surface area contributed by atoms with Crippen LogP contribution in [0, 0.1) is 0 Å². The minimum absolute atomic E-state index is 0.00261. The third-order valence-corrected chi connectivity index (χ3v) is 3.77. The van der Waals surface area contributed by atoms with Crippen molar-refractivity contribution in [2.75, 3.05) is 11.4 Å². The van der Waals surface area contributed by atoms with Gasteiger partial charge in [-0.2, -0.15) is 0 Å². The minimum Gasteiger partial charge on any atom is -0.333 e. The summed E-state index contributed by atoms with van der Waals surface area (Å²) in [5, 5.41) is 3.74. The molecule has 1 aliphatic rings. The molecule has 1 heterocycles. The lowest BCUT2D eigenvalue weighted by Gasteiger charge is -2.14. The normalized spacial score (nSPS) is 18.7. The van der Waals surface area contributed by atoms with Crippen molar-refractivity contribution in [1.82, 2.24) is 5.32 Å². The van der Waals surface area contributed by atoms with Crippen LogP contribution in [0.5, 0.6) is 0 Å². The largest absolute Gasteiger partial charge is 0.333 e. The number of amides is 2. The summed E-state index contributed by atoms with van der Waals surface area (Å²) in [5.74, 6) is 0. The molecule has 0 saturated carbocycles. The fraction of sp³-hybridized carbons (Fsp3) is 0.533. The Morgan fingerprint density at radius 3 is 2.68 bits per heavy atom. The second-order valence-electron chi connectivity index (χ2n) is 5.08. The van der Waals surface area contributed by atoms with E-state index in [1.165, 1.54) is 25.7 Å². The molecule has 19 heavy (non-hydrogen) atoms. The number of rotatable bonds is 6. The highest BCUT2D eigenvalue weighted by molar-refractivity contribution is 6.30. The summed E-state index contributed by atoms with van der Waals surface area (Å²) in [4.78, 5) is 13.7. The van der Waals surface area contributed by atoms with Crippen LogP contribution in [-0.2, 0) is 0 Å². The number of carbonyl (C=O) groups is 1. The summed E-state index contributed by atoms with van der Waals surface area (Å²) in [5.41, 5.74) is 0.915. The summed E-state index contributed by atoms with van der Waals surface area (Å²) >= 11 is 5.86. The Morgan fingerprint density at radius 1 is 1.26 bits per heavy atom. The maximum Gasteiger partial charge on any atom is 0.322 e. The first-order valence-corrected chi connectivity index (χ1v) is 7.42. The molecule has 1 atom stereocenters. The van der Waals surface area contributed by atoms with Crippen LogP contribution in [-0.4, -0.2) is 18.6 Å². The molecule has 1 unspecified atom stereocenters. The van der Waals surface area contributed by atoms with E-state index >= 15 is 0 Å². The number of hydrogen-bond donors (Lipinski definition) is 1. The van der Waals surface area contributed by atoms with Crippen LogP contribution in [0.15, 0.2) is 24.3 Å². The zero-order valence-corrected chi connectivity index (χ0v) is 12.1. The molecular weight excluding hydrogens is 260 g/mol. The molecule has 0 aliphatic carbocycles. The van der Waals surface area contributed by atoms with Gasteiger partial charge in [-0.15, -0.1) is 0 Å². The maximum absolute atomic E-state index is 11.9. The Balaban J connectivity index is 1.87. The summed E-state index contributed by atoms with van der Waals surface area (Å²) < 4.78 is 0. The van der Waals surface area contributed by atoms with Crippen molar-refractivity contribution in [1.29, 1.82) is 0 Å². The molecule has 1 fully saturated rings. The van der Waals surface area contributed by atoms with E-state index in [0.717, 1.165) is 18.7 Å². The van der Waals surface area contributed by atoms with Gasteiger partial charge in [0.15, 0.2) is 0 Å². The maximum atomic E-state index is 11.9. The quantitative estimate of drug-likeness (QED) is 0.778. The standard InChI is InChI=1S/C15H21ClN2O/c1-2-3-4-5-6-13-11-18(15(19)17-13)14-9-7-12(16)8-10-14/h7-10,13H,2-6,11H2,1H3,(H,17,19). The third-order valence-electron chi connectivity index (χ3n) is 3.52. The van der Waals surface area contributed by atoms with Gasteiger partial charge in [0.05, 0.1) is 0 Å². The summed E-state index contributed by atoms with van der Waals surface area (Å²) in [6, 6.07) is 7.70. The van der Waals surface area contributed by atoms with Crippen LogP contribution in [0.4, 0.5) is 10.5 Å². The lowest BCUT2D eigenvalue weighted by molar-refractivity contribution is 0.250. The predicted octanol–water partition coefficient (Wildman–Crippen LogP) is 4.21. The van der Waals surface area contributed by atoms with Gasteiger partial charge >= 0.3 is 6.03 Å². The van der Waals surface area contributed by atoms with Gasteiger partial charge in [0, 0.05) is 23.3 Å². The summed E-state index contributed by atoms with van der Waals surface area (Å²) in [6.07, 6.45) is 6.03. The van der Waals surface area contributed by atoms with E-state index in [1.54, 1.807) is 4.90 Å². The van der Waals surface area contributed by atoms with Crippen LogP contribution >= 0.6 is 11.6 Å². The zero-order valence-electron chi connectivity index (χ0n) is 11.4. The van der Waals surface area contributed by atoms with Gasteiger partial charge in [0.1, 0.15) is 0 Å². The summed E-state index contributed by atoms with van der Waals surface area (Å²) in [6.45, 7) is 2.96. The van der Waals surface area contributed by atoms with Crippen LogP contribution in [0.1, 0.15) is 39.0 Å². The number of hydrogen-bond acceptors (Lipinski definition) is 1. The average Bonchev–Trinajstić information content (AvgIpc) is 2.77. The van der Waals surface area contributed by atoms with Crippen molar-refractivity contribution < 1.29 is 4.79 Å². The molecule has 1 aliphatic heterocycles. The number of anilines is 1. The van der Waals surface area contributed by atoms with Crippen LogP contribution in [0.25, 0.3) is 0 Å². The van der Waals surface area contributed by atoms with E-state index < -0.39 is 0 Å². The molecule has 3 nitrogen and oxygen atoms in total. The Hall–Kier alpha value is -1.22. The molecule has 104 valence electrons. The van der Waals surface area contributed by atoms with E-state index in [4.69, 9.17) is 11.6 Å². The minimum atomic E-state index is 0.00261. The number of halogens is 1. The van der Waals surface area contributed by atoms with Crippen LogP contribution in [0.3, 0.4) is 0 Å². The molecule has 0 spiro atoms. The summed E-state index contributed by atoms with van der Waals surface area (Å²) in [7, 11) is 0. The van der Waals surface area contributed by atoms with Gasteiger partial charge in [0.2, 0.25) is 0 Å². The Labute approximate surface area is 119 Å². The zero-order chi connectivity index (χ0) is 13.7. The Morgan fingerprint density at radius 2 is 2.00 bits per heavy atom. The SMILES string of the molecule is CCCCCCC1CN(c2ccc(Cl)cc2)C(=O)N1. The molecular formula is C15H21ClN2O. The number of unbranched alkanes of at least 4 members (excludes halogenated alkanes) is 3. The molecule has 4 heteroatoms. The van der Waals surface area contributed by atoms with Gasteiger partial charge in [-0.05, 0) is 30.7 Å². The van der Waals surface area contributed by atoms with E-state index in [2.05, 4.69) is 12.2 Å². The highest BCUT2D eigenvalue weighted by Crippen LogP contribution is 2.22. The third kappa shape index (κ3) is 3.87. The van der Waals surface area contributed by atoms with Crippen LogP contribution < -0.4 is 10.2 Å². The van der Waals surface area contributed by atoms with Gasteiger partial charge in [-0.1, -0.05) is 44.2 Å². The molecule has 2 rings (SSSR count). The number of nitrogens with zero attached hydrogens (tertiary/aromatic N) is 1. The second kappa shape index (κ2) is 6.80. The lowest BCUT2D eigenvalue weighted by Crippen LogP contribution is -2.28. The smallest absolute Gasteiger partial charge is 0.322 e. The van der Waals surface area contributed by atoms with Crippen molar-refractivity contribution in [3.05, 3.63) is 29.3 Å². The highest BCUT2D eigenvalue weighted by atomic mass is 35.5. The number of benzene rings is 1. The monoisotopic (exact) mass is 280 g/mol. The number of nitrogens with one attached hydrogen (secondary N) is 1. The van der Waals surface area contributed by atoms with E-state index in [1.807, 2.05) is 24.3 Å². The Kier molecular flexibility index (Phi) is 5.08. The van der Waals surface area contributed by atoms with Gasteiger partial charge < -0.3 is 5.32 Å². The molecule has 1 saturated heterocycles. The van der Waals surface area contributed by atoms with E-state index in [0.29, 0.717) is 5.02 Å². The van der Waals surface area contributed by atoms with E-state index in [-0.39, 0.29) is 12.1 Å². The average molecular weight is 281 g/mol. The molecule has 0 radical (unpaired) electrons. The molecule has 0 aromatic heterocycles. The van der Waals surface area contributed by atoms with Crippen molar-refractivity contribution in [3.8, 4) is 0 Å². The van der Waals surface area contributed by atoms with Crippen molar-refractivity contribution >= 4 is 23.3 Å². The number of urea groups is 1. The van der Waals surface area contributed by atoms with Gasteiger partial charge in [-0.25, -0.2) is 4.79 Å². The molecule has 0 bridgehead atoms. The van der Waals surface area contributed by atoms with Gasteiger partial charge in [-0.3, -0.25) is 4.90 Å². The van der Waals surface area contributed by atoms with Crippen molar-refractivity contribution in [3.63, 3.8) is 0 Å². The second-order valence-corrected chi connectivity index (χ2v) is 5.52.